The molecule has 0 aliphatic heterocycles. The molecule has 0 aromatic heterocycles. The average Bonchev–Trinajstić information content (AvgIpc) is 2.36. The summed E-state index contributed by atoms with van der Waals surface area (Å²) in [4.78, 5) is 10.2. The Bertz CT molecular complexity index is 625. The van der Waals surface area contributed by atoms with Crippen LogP contribution in [0, 0.1) is 22.5 Å². The lowest BCUT2D eigenvalue weighted by molar-refractivity contribution is -0.385. The summed E-state index contributed by atoms with van der Waals surface area (Å²) in [6.45, 7) is 5.16. The minimum Gasteiger partial charge on any atom is -0.396 e. The molecule has 118 valence electrons. The van der Waals surface area contributed by atoms with E-state index in [-0.39, 0.29) is 29.3 Å². The van der Waals surface area contributed by atoms with E-state index in [2.05, 4.69) is 4.72 Å². The van der Waals surface area contributed by atoms with E-state index in [1.807, 2.05) is 13.8 Å². The van der Waals surface area contributed by atoms with Crippen molar-refractivity contribution in [3.63, 3.8) is 0 Å². The molecule has 8 heteroatoms. The van der Waals surface area contributed by atoms with Gasteiger partial charge in [0.15, 0.2) is 0 Å². The first-order chi connectivity index (χ1) is 9.60. The lowest BCUT2D eigenvalue weighted by Gasteiger charge is -2.24. The molecule has 0 fully saturated rings. The highest BCUT2D eigenvalue weighted by molar-refractivity contribution is 7.89. The van der Waals surface area contributed by atoms with E-state index in [4.69, 9.17) is 5.11 Å². The molecule has 0 bridgehead atoms. The van der Waals surface area contributed by atoms with Gasteiger partial charge >= 0.3 is 0 Å². The van der Waals surface area contributed by atoms with E-state index in [0.717, 1.165) is 0 Å². The van der Waals surface area contributed by atoms with Crippen LogP contribution in [-0.2, 0) is 10.0 Å². The molecule has 1 aromatic carbocycles. The number of hydrogen-bond donors (Lipinski definition) is 2. The van der Waals surface area contributed by atoms with Gasteiger partial charge in [-0.05, 0) is 24.8 Å². The summed E-state index contributed by atoms with van der Waals surface area (Å²) >= 11 is 0. The zero-order chi connectivity index (χ0) is 16.3. The molecule has 0 saturated carbocycles. The van der Waals surface area contributed by atoms with Crippen molar-refractivity contribution in [2.75, 3.05) is 13.2 Å². The summed E-state index contributed by atoms with van der Waals surface area (Å²) in [5.41, 5.74) is -0.529. The molecule has 0 heterocycles. The molecule has 21 heavy (non-hydrogen) atoms. The van der Waals surface area contributed by atoms with E-state index in [9.17, 15) is 18.5 Å². The van der Waals surface area contributed by atoms with Gasteiger partial charge < -0.3 is 5.11 Å². The Morgan fingerprint density at radius 1 is 1.38 bits per heavy atom. The number of benzene rings is 1. The second kappa shape index (κ2) is 6.50. The molecular weight excluding hydrogens is 296 g/mol. The molecule has 0 unspecified atom stereocenters. The highest BCUT2D eigenvalue weighted by Crippen LogP contribution is 2.25. The lowest BCUT2D eigenvalue weighted by atomic mass is 9.90. The predicted octanol–water partition coefficient (Wildman–Crippen LogP) is 1.59. The molecule has 2 N–H and O–H groups in total. The molecule has 1 aromatic rings. The van der Waals surface area contributed by atoms with Crippen molar-refractivity contribution in [2.45, 2.75) is 32.1 Å². The molecule has 0 aliphatic carbocycles. The number of aliphatic hydroxyl groups excluding tert-OH is 1. The van der Waals surface area contributed by atoms with Crippen molar-refractivity contribution in [1.29, 1.82) is 0 Å². The van der Waals surface area contributed by atoms with Gasteiger partial charge in [-0.25, -0.2) is 13.1 Å². The van der Waals surface area contributed by atoms with Crippen molar-refractivity contribution >= 4 is 15.7 Å². The third-order valence-corrected chi connectivity index (χ3v) is 4.82. The van der Waals surface area contributed by atoms with Gasteiger partial charge in [-0.2, -0.15) is 0 Å². The van der Waals surface area contributed by atoms with Crippen LogP contribution < -0.4 is 4.72 Å². The first-order valence-electron chi connectivity index (χ1n) is 6.45. The fraction of sp³-hybridized carbons (Fsp3) is 0.538. The molecule has 0 spiro atoms. The highest BCUT2D eigenvalue weighted by Gasteiger charge is 2.25. The van der Waals surface area contributed by atoms with Crippen LogP contribution in [0.4, 0.5) is 5.69 Å². The quantitative estimate of drug-likeness (QED) is 0.586. The summed E-state index contributed by atoms with van der Waals surface area (Å²) in [5, 5.41) is 19.8. The minimum absolute atomic E-state index is 0.0371. The summed E-state index contributed by atoms with van der Waals surface area (Å²) in [5.74, 6) is 0. The van der Waals surface area contributed by atoms with Gasteiger partial charge in [0.05, 0.1) is 9.82 Å². The van der Waals surface area contributed by atoms with Gasteiger partial charge in [0.1, 0.15) is 0 Å². The Kier molecular flexibility index (Phi) is 5.43. The number of aliphatic hydroxyl groups is 1. The second-order valence-corrected chi connectivity index (χ2v) is 7.36. The zero-order valence-corrected chi connectivity index (χ0v) is 13.1. The lowest BCUT2D eigenvalue weighted by Crippen LogP contribution is -2.34. The normalized spacial score (nSPS) is 12.4. The van der Waals surface area contributed by atoms with Gasteiger partial charge in [0.25, 0.3) is 5.69 Å². The second-order valence-electron chi connectivity index (χ2n) is 5.62. The van der Waals surface area contributed by atoms with Crippen LogP contribution in [0.1, 0.15) is 25.8 Å². The van der Waals surface area contributed by atoms with Crippen LogP contribution >= 0.6 is 0 Å². The van der Waals surface area contributed by atoms with E-state index in [0.29, 0.717) is 6.42 Å². The molecule has 0 atom stereocenters. The summed E-state index contributed by atoms with van der Waals surface area (Å²) in [6, 6.07) is 3.95. The number of nitrogens with zero attached hydrogens (tertiary/aromatic N) is 1. The molecule has 0 saturated heterocycles. The van der Waals surface area contributed by atoms with Gasteiger partial charge in [-0.3, -0.25) is 10.1 Å². The number of nitro benzene ring substituents is 1. The number of hydrogen-bond acceptors (Lipinski definition) is 5. The van der Waals surface area contributed by atoms with Gasteiger partial charge in [0, 0.05) is 24.8 Å². The van der Waals surface area contributed by atoms with Crippen LogP contribution in [0.3, 0.4) is 0 Å². The molecule has 0 aliphatic rings. The monoisotopic (exact) mass is 316 g/mol. The zero-order valence-electron chi connectivity index (χ0n) is 12.3. The smallest absolute Gasteiger partial charge is 0.273 e. The minimum atomic E-state index is -3.83. The largest absolute Gasteiger partial charge is 0.396 e. The standard InChI is InChI=1S/C13H20N2O5S/c1-10-11(15(17)18)5-4-6-12(10)21(19,20)14-9-13(2,3)7-8-16/h4-6,14,16H,7-9H2,1-3H3. The van der Waals surface area contributed by atoms with Gasteiger partial charge in [-0.1, -0.05) is 19.9 Å². The fourth-order valence-corrected chi connectivity index (χ4v) is 3.35. The van der Waals surface area contributed by atoms with Crippen molar-refractivity contribution in [1.82, 2.24) is 4.72 Å². The van der Waals surface area contributed by atoms with Crippen LogP contribution in [0.5, 0.6) is 0 Å². The Morgan fingerprint density at radius 2 is 2.00 bits per heavy atom. The summed E-state index contributed by atoms with van der Waals surface area (Å²) in [6.07, 6.45) is 0.448. The third-order valence-electron chi connectivity index (χ3n) is 3.27. The Labute approximate surface area is 124 Å². The average molecular weight is 316 g/mol. The Balaban J connectivity index is 3.04. The fourth-order valence-electron chi connectivity index (χ4n) is 1.85. The number of rotatable bonds is 7. The Hall–Kier alpha value is -1.51. The highest BCUT2D eigenvalue weighted by atomic mass is 32.2. The molecular formula is C13H20N2O5S. The van der Waals surface area contributed by atoms with Crippen LogP contribution in [-0.4, -0.2) is 31.6 Å². The summed E-state index contributed by atoms with van der Waals surface area (Å²) < 4.78 is 27.0. The molecule has 0 radical (unpaired) electrons. The first kappa shape index (κ1) is 17.5. The molecule has 0 amide bonds. The third kappa shape index (κ3) is 4.48. The van der Waals surface area contributed by atoms with Crippen molar-refractivity contribution in [3.8, 4) is 0 Å². The predicted molar refractivity (Wildman–Crippen MR) is 78.5 cm³/mol. The maximum atomic E-state index is 12.3. The van der Waals surface area contributed by atoms with Gasteiger partial charge in [-0.15, -0.1) is 0 Å². The van der Waals surface area contributed by atoms with Gasteiger partial charge in [0.2, 0.25) is 10.0 Å². The van der Waals surface area contributed by atoms with E-state index in [1.54, 1.807) is 0 Å². The maximum absolute atomic E-state index is 12.3. The number of nitro groups is 1. The SMILES string of the molecule is Cc1c([N+](=O)[O-])cccc1S(=O)(=O)NCC(C)(C)CCO. The molecule has 1 rings (SSSR count). The first-order valence-corrected chi connectivity index (χ1v) is 7.93. The van der Waals surface area contributed by atoms with E-state index >= 15 is 0 Å². The number of nitrogens with one attached hydrogen (secondary N) is 1. The van der Waals surface area contributed by atoms with Crippen molar-refractivity contribution in [3.05, 3.63) is 33.9 Å². The van der Waals surface area contributed by atoms with E-state index in [1.165, 1.54) is 25.1 Å². The van der Waals surface area contributed by atoms with Crippen molar-refractivity contribution < 1.29 is 18.4 Å². The summed E-state index contributed by atoms with van der Waals surface area (Å²) in [7, 11) is -3.83. The van der Waals surface area contributed by atoms with Crippen molar-refractivity contribution in [2.24, 2.45) is 5.41 Å². The van der Waals surface area contributed by atoms with Crippen LogP contribution in [0.2, 0.25) is 0 Å². The van der Waals surface area contributed by atoms with Crippen LogP contribution in [0.15, 0.2) is 23.1 Å². The topological polar surface area (TPSA) is 110 Å². The molecule has 7 nitrogen and oxygen atoms in total. The number of sulfonamides is 1. The Morgan fingerprint density at radius 3 is 2.52 bits per heavy atom. The maximum Gasteiger partial charge on any atom is 0.273 e. The van der Waals surface area contributed by atoms with E-state index < -0.39 is 20.4 Å². The van der Waals surface area contributed by atoms with Crippen LogP contribution in [0.25, 0.3) is 0 Å².